The lowest BCUT2D eigenvalue weighted by Gasteiger charge is -1.96. The molecule has 0 fully saturated rings. The third-order valence-electron chi connectivity index (χ3n) is 1.59. The molecule has 1 rings (SSSR count). The molecule has 1 N–H and O–H groups in total. The van der Waals surface area contributed by atoms with Gasteiger partial charge in [-0.1, -0.05) is 6.92 Å². The lowest BCUT2D eigenvalue weighted by molar-refractivity contribution is 0.329. The topological polar surface area (TPSA) is 20.2 Å². The van der Waals surface area contributed by atoms with E-state index in [9.17, 15) is 0 Å². The normalized spacial score (nSPS) is 12.1. The highest BCUT2D eigenvalue weighted by atomic mass is 79.9. The average molecular weight is 247 g/mol. The zero-order valence-electron chi connectivity index (χ0n) is 6.88. The van der Waals surface area contributed by atoms with Gasteiger partial charge in [-0.25, -0.2) is 0 Å². The van der Waals surface area contributed by atoms with Gasteiger partial charge in [-0.05, 0) is 40.1 Å². The van der Waals surface area contributed by atoms with Crippen molar-refractivity contribution in [1.29, 1.82) is 0 Å². The van der Waals surface area contributed by atoms with Gasteiger partial charge in [0.15, 0.2) is 0 Å². The first-order valence-corrected chi connectivity index (χ1v) is 5.48. The molecule has 0 aliphatic heterocycles. The summed E-state index contributed by atoms with van der Waals surface area (Å²) in [6, 6.07) is 2.05. The number of aliphatic hydroxyl groups excluding tert-OH is 1. The van der Waals surface area contributed by atoms with E-state index >= 15 is 0 Å². The first-order chi connectivity index (χ1) is 5.76. The standard InChI is InChI=1S/C9H11BrOS/c1-2-7(5-11)3-9-4-8(10)6-12-9/h3-4,6,11H,2,5H2,1H3. The van der Waals surface area contributed by atoms with Gasteiger partial charge in [0.05, 0.1) is 6.61 Å². The van der Waals surface area contributed by atoms with Crippen molar-refractivity contribution < 1.29 is 5.11 Å². The Hall–Kier alpha value is -0.120. The van der Waals surface area contributed by atoms with Crippen molar-refractivity contribution >= 4 is 33.3 Å². The Labute approximate surface area is 84.9 Å². The van der Waals surface area contributed by atoms with Crippen molar-refractivity contribution in [2.75, 3.05) is 6.61 Å². The highest BCUT2D eigenvalue weighted by Gasteiger charge is 1.96. The van der Waals surface area contributed by atoms with Gasteiger partial charge >= 0.3 is 0 Å². The van der Waals surface area contributed by atoms with Crippen molar-refractivity contribution in [2.24, 2.45) is 0 Å². The Morgan fingerprint density at radius 3 is 2.92 bits per heavy atom. The van der Waals surface area contributed by atoms with Gasteiger partial charge in [0, 0.05) is 14.7 Å². The molecule has 0 atom stereocenters. The molecular formula is C9H11BrOS. The minimum Gasteiger partial charge on any atom is -0.392 e. The summed E-state index contributed by atoms with van der Waals surface area (Å²) in [5.74, 6) is 0. The second kappa shape index (κ2) is 4.80. The van der Waals surface area contributed by atoms with Crippen molar-refractivity contribution in [3.63, 3.8) is 0 Å². The van der Waals surface area contributed by atoms with Crippen LogP contribution in [0.3, 0.4) is 0 Å². The molecule has 0 spiro atoms. The Kier molecular flexibility index (Phi) is 3.98. The van der Waals surface area contributed by atoms with E-state index in [-0.39, 0.29) is 6.61 Å². The third-order valence-corrected chi connectivity index (χ3v) is 3.23. The molecule has 0 radical (unpaired) electrons. The van der Waals surface area contributed by atoms with Gasteiger partial charge in [-0.3, -0.25) is 0 Å². The van der Waals surface area contributed by atoms with E-state index in [4.69, 9.17) is 5.11 Å². The summed E-state index contributed by atoms with van der Waals surface area (Å²) in [7, 11) is 0. The number of thiophene rings is 1. The van der Waals surface area contributed by atoms with Crippen molar-refractivity contribution in [3.05, 3.63) is 26.4 Å². The van der Waals surface area contributed by atoms with Crippen LogP contribution in [0.5, 0.6) is 0 Å². The Morgan fingerprint density at radius 1 is 1.75 bits per heavy atom. The van der Waals surface area contributed by atoms with Gasteiger partial charge in [0.2, 0.25) is 0 Å². The van der Waals surface area contributed by atoms with Crippen LogP contribution in [0.4, 0.5) is 0 Å². The van der Waals surface area contributed by atoms with Crippen LogP contribution >= 0.6 is 27.3 Å². The first kappa shape index (κ1) is 9.96. The molecule has 0 aromatic carbocycles. The number of hydrogen-bond acceptors (Lipinski definition) is 2. The van der Waals surface area contributed by atoms with Crippen molar-refractivity contribution in [2.45, 2.75) is 13.3 Å². The first-order valence-electron chi connectivity index (χ1n) is 3.80. The Balaban J connectivity index is 2.78. The minimum atomic E-state index is 0.159. The SMILES string of the molecule is CCC(=Cc1cc(Br)cs1)CO. The minimum absolute atomic E-state index is 0.159. The second-order valence-corrected chi connectivity index (χ2v) is 4.34. The fourth-order valence-electron chi connectivity index (χ4n) is 0.865. The lowest BCUT2D eigenvalue weighted by Crippen LogP contribution is -1.86. The van der Waals surface area contributed by atoms with E-state index < -0.39 is 0 Å². The predicted octanol–water partition coefficient (Wildman–Crippen LogP) is 3.30. The van der Waals surface area contributed by atoms with Gasteiger partial charge in [0.1, 0.15) is 0 Å². The van der Waals surface area contributed by atoms with Crippen LogP contribution < -0.4 is 0 Å². The predicted molar refractivity (Wildman–Crippen MR) is 57.4 cm³/mol. The van der Waals surface area contributed by atoms with Gasteiger partial charge in [-0.15, -0.1) is 11.3 Å². The summed E-state index contributed by atoms with van der Waals surface area (Å²) >= 11 is 5.06. The molecule has 66 valence electrons. The van der Waals surface area contributed by atoms with Crippen LogP contribution in [0.15, 0.2) is 21.5 Å². The maximum atomic E-state index is 8.92. The molecule has 0 aliphatic carbocycles. The Morgan fingerprint density at radius 2 is 2.50 bits per heavy atom. The van der Waals surface area contributed by atoms with E-state index in [0.29, 0.717) is 0 Å². The zero-order valence-corrected chi connectivity index (χ0v) is 9.28. The molecule has 0 bridgehead atoms. The largest absolute Gasteiger partial charge is 0.392 e. The quantitative estimate of drug-likeness (QED) is 0.868. The summed E-state index contributed by atoms with van der Waals surface area (Å²) in [5.41, 5.74) is 1.07. The number of aliphatic hydroxyl groups is 1. The van der Waals surface area contributed by atoms with E-state index in [2.05, 4.69) is 22.0 Å². The van der Waals surface area contributed by atoms with Gasteiger partial charge in [-0.2, -0.15) is 0 Å². The fraction of sp³-hybridized carbons (Fsp3) is 0.333. The van der Waals surface area contributed by atoms with Crippen molar-refractivity contribution in [3.8, 4) is 0 Å². The van der Waals surface area contributed by atoms with Crippen LogP contribution in [0.1, 0.15) is 18.2 Å². The van der Waals surface area contributed by atoms with Crippen molar-refractivity contribution in [1.82, 2.24) is 0 Å². The highest BCUT2D eigenvalue weighted by Crippen LogP contribution is 2.22. The zero-order chi connectivity index (χ0) is 8.97. The van der Waals surface area contributed by atoms with Crippen LogP contribution in [0.2, 0.25) is 0 Å². The maximum absolute atomic E-state index is 8.92. The van der Waals surface area contributed by atoms with E-state index in [1.54, 1.807) is 11.3 Å². The fourth-order valence-corrected chi connectivity index (χ4v) is 2.29. The second-order valence-electron chi connectivity index (χ2n) is 2.48. The smallest absolute Gasteiger partial charge is 0.0645 e. The summed E-state index contributed by atoms with van der Waals surface area (Å²) in [6.07, 6.45) is 2.95. The highest BCUT2D eigenvalue weighted by molar-refractivity contribution is 9.10. The molecule has 0 unspecified atom stereocenters. The van der Waals surface area contributed by atoms with E-state index in [1.807, 2.05) is 18.4 Å². The molecule has 3 heteroatoms. The molecule has 0 amide bonds. The number of rotatable bonds is 3. The van der Waals surface area contributed by atoms with E-state index in [0.717, 1.165) is 16.5 Å². The molecule has 1 aromatic heterocycles. The number of halogens is 1. The van der Waals surface area contributed by atoms with Crippen LogP contribution in [-0.2, 0) is 0 Å². The molecular weight excluding hydrogens is 236 g/mol. The summed E-state index contributed by atoms with van der Waals surface area (Å²) in [6.45, 7) is 2.21. The number of hydrogen-bond donors (Lipinski definition) is 1. The van der Waals surface area contributed by atoms with Crippen LogP contribution in [0.25, 0.3) is 6.08 Å². The van der Waals surface area contributed by atoms with E-state index in [1.165, 1.54) is 4.88 Å². The molecule has 12 heavy (non-hydrogen) atoms. The molecule has 1 heterocycles. The molecule has 0 saturated heterocycles. The maximum Gasteiger partial charge on any atom is 0.0645 e. The van der Waals surface area contributed by atoms with Gasteiger partial charge in [0.25, 0.3) is 0 Å². The summed E-state index contributed by atoms with van der Waals surface area (Å²) < 4.78 is 1.10. The summed E-state index contributed by atoms with van der Waals surface area (Å²) in [4.78, 5) is 1.19. The molecule has 1 aromatic rings. The molecule has 0 saturated carbocycles. The average Bonchev–Trinajstić information content (AvgIpc) is 2.47. The molecule has 0 aliphatic rings. The van der Waals surface area contributed by atoms with Crippen LogP contribution in [0, 0.1) is 0 Å². The lowest BCUT2D eigenvalue weighted by atomic mass is 10.2. The van der Waals surface area contributed by atoms with Crippen LogP contribution in [-0.4, -0.2) is 11.7 Å². The summed E-state index contributed by atoms with van der Waals surface area (Å²) in [5, 5.41) is 11.0. The molecule has 1 nitrogen and oxygen atoms in total. The Bertz CT molecular complexity index is 272. The monoisotopic (exact) mass is 246 g/mol. The van der Waals surface area contributed by atoms with Gasteiger partial charge < -0.3 is 5.11 Å². The third kappa shape index (κ3) is 2.73.